The van der Waals surface area contributed by atoms with Crippen LogP contribution < -0.4 is 18.9 Å². The molecule has 1 amide bonds. The summed E-state index contributed by atoms with van der Waals surface area (Å²) in [5, 5.41) is 0. The van der Waals surface area contributed by atoms with Crippen LogP contribution in [0, 0.1) is 0 Å². The first kappa shape index (κ1) is 20.3. The van der Waals surface area contributed by atoms with Gasteiger partial charge in [-0.2, -0.15) is 8.78 Å². The Hall–Kier alpha value is -3.03. The molecule has 0 atom stereocenters. The van der Waals surface area contributed by atoms with Crippen molar-refractivity contribution in [3.05, 3.63) is 47.5 Å². The zero-order valence-corrected chi connectivity index (χ0v) is 15.5. The molecule has 0 aromatic heterocycles. The summed E-state index contributed by atoms with van der Waals surface area (Å²) in [5.41, 5.74) is 1.04. The third-order valence-electron chi connectivity index (χ3n) is 3.87. The summed E-state index contributed by atoms with van der Waals surface area (Å²) in [5.74, 6) is 0.695. The van der Waals surface area contributed by atoms with Crippen LogP contribution in [0.5, 0.6) is 23.0 Å². The Morgan fingerprint density at radius 2 is 1.70 bits per heavy atom. The maximum absolute atomic E-state index is 12.7. The van der Waals surface area contributed by atoms with Gasteiger partial charge in [0.1, 0.15) is 0 Å². The minimum absolute atomic E-state index is 0.0495. The van der Waals surface area contributed by atoms with Gasteiger partial charge in [-0.05, 0) is 24.3 Å². The van der Waals surface area contributed by atoms with Crippen molar-refractivity contribution in [3.63, 3.8) is 0 Å². The molecule has 0 heterocycles. The molecule has 146 valence electrons. The zero-order valence-electron chi connectivity index (χ0n) is 15.5. The number of nitrogens with zero attached hydrogens (tertiary/aromatic N) is 1. The van der Waals surface area contributed by atoms with Gasteiger partial charge in [0.2, 0.25) is 0 Å². The van der Waals surface area contributed by atoms with Crippen LogP contribution in [-0.2, 0) is 6.54 Å². The van der Waals surface area contributed by atoms with Gasteiger partial charge >= 0.3 is 6.61 Å². The Morgan fingerprint density at radius 1 is 1.00 bits per heavy atom. The normalized spacial score (nSPS) is 10.5. The molecular weight excluding hydrogens is 360 g/mol. The quantitative estimate of drug-likeness (QED) is 0.700. The lowest BCUT2D eigenvalue weighted by molar-refractivity contribution is -0.0512. The Balaban J connectivity index is 2.23. The molecule has 27 heavy (non-hydrogen) atoms. The first-order valence-electron chi connectivity index (χ1n) is 7.99. The Labute approximate surface area is 156 Å². The predicted octanol–water partition coefficient (Wildman–Crippen LogP) is 3.59. The van der Waals surface area contributed by atoms with E-state index in [0.717, 1.165) is 5.56 Å². The first-order valence-corrected chi connectivity index (χ1v) is 7.99. The van der Waals surface area contributed by atoms with Crippen molar-refractivity contribution in [2.75, 3.05) is 28.4 Å². The summed E-state index contributed by atoms with van der Waals surface area (Å²) in [6, 6.07) is 9.43. The van der Waals surface area contributed by atoms with Crippen molar-refractivity contribution in [2.45, 2.75) is 13.2 Å². The molecule has 0 fully saturated rings. The highest BCUT2D eigenvalue weighted by Gasteiger charge is 2.19. The second kappa shape index (κ2) is 9.07. The number of alkyl halides is 2. The molecule has 0 spiro atoms. The largest absolute Gasteiger partial charge is 0.493 e. The number of halogens is 2. The summed E-state index contributed by atoms with van der Waals surface area (Å²) >= 11 is 0. The molecule has 2 aromatic rings. The standard InChI is InChI=1S/C19H21F2NO5/c1-22(11-13-6-5-7-15(24-2)17(13)26-4)18(23)12-8-9-14(27-19(20)21)16(10-12)25-3/h5-10,19H,11H2,1-4H3. The number of hydrogen-bond donors (Lipinski definition) is 0. The molecule has 0 saturated heterocycles. The molecule has 0 saturated carbocycles. The monoisotopic (exact) mass is 381 g/mol. The van der Waals surface area contributed by atoms with Gasteiger partial charge in [-0.15, -0.1) is 0 Å². The molecule has 6 nitrogen and oxygen atoms in total. The minimum Gasteiger partial charge on any atom is -0.493 e. The van der Waals surface area contributed by atoms with Gasteiger partial charge in [-0.3, -0.25) is 4.79 Å². The van der Waals surface area contributed by atoms with E-state index in [1.807, 2.05) is 6.07 Å². The molecule has 0 N–H and O–H groups in total. The molecule has 0 aliphatic rings. The van der Waals surface area contributed by atoms with Crippen LogP contribution in [0.2, 0.25) is 0 Å². The fraction of sp³-hybridized carbons (Fsp3) is 0.316. The van der Waals surface area contributed by atoms with Crippen molar-refractivity contribution in [3.8, 4) is 23.0 Å². The second-order valence-corrected chi connectivity index (χ2v) is 5.56. The van der Waals surface area contributed by atoms with E-state index in [1.165, 1.54) is 44.4 Å². The lowest BCUT2D eigenvalue weighted by atomic mass is 10.1. The summed E-state index contributed by atoms with van der Waals surface area (Å²) in [6.07, 6.45) is 0. The number of amides is 1. The predicted molar refractivity (Wildman–Crippen MR) is 95.0 cm³/mol. The second-order valence-electron chi connectivity index (χ2n) is 5.56. The van der Waals surface area contributed by atoms with Crippen LogP contribution >= 0.6 is 0 Å². The van der Waals surface area contributed by atoms with Crippen molar-refractivity contribution in [2.24, 2.45) is 0 Å². The van der Waals surface area contributed by atoms with Crippen LogP contribution in [0.1, 0.15) is 15.9 Å². The van der Waals surface area contributed by atoms with E-state index in [1.54, 1.807) is 19.2 Å². The van der Waals surface area contributed by atoms with Crippen molar-refractivity contribution < 1.29 is 32.5 Å². The highest BCUT2D eigenvalue weighted by atomic mass is 19.3. The van der Waals surface area contributed by atoms with E-state index in [9.17, 15) is 13.6 Å². The molecular formula is C19H21F2NO5. The lowest BCUT2D eigenvalue weighted by Crippen LogP contribution is -2.26. The number of carbonyl (C=O) groups is 1. The van der Waals surface area contributed by atoms with E-state index in [2.05, 4.69) is 4.74 Å². The van der Waals surface area contributed by atoms with E-state index < -0.39 is 6.61 Å². The molecule has 0 aliphatic heterocycles. The molecule has 0 unspecified atom stereocenters. The van der Waals surface area contributed by atoms with E-state index >= 15 is 0 Å². The van der Waals surface area contributed by atoms with Gasteiger partial charge < -0.3 is 23.8 Å². The van der Waals surface area contributed by atoms with Crippen LogP contribution in [0.4, 0.5) is 8.78 Å². The lowest BCUT2D eigenvalue weighted by Gasteiger charge is -2.20. The average molecular weight is 381 g/mol. The Kier molecular flexibility index (Phi) is 6.81. The highest BCUT2D eigenvalue weighted by molar-refractivity contribution is 5.94. The van der Waals surface area contributed by atoms with E-state index in [-0.39, 0.29) is 29.5 Å². The fourth-order valence-corrected chi connectivity index (χ4v) is 2.62. The van der Waals surface area contributed by atoms with E-state index in [0.29, 0.717) is 11.5 Å². The van der Waals surface area contributed by atoms with Crippen molar-refractivity contribution in [1.29, 1.82) is 0 Å². The summed E-state index contributed by atoms with van der Waals surface area (Å²) < 4.78 is 44.9. The number of para-hydroxylation sites is 1. The molecule has 2 rings (SSSR count). The minimum atomic E-state index is -2.98. The highest BCUT2D eigenvalue weighted by Crippen LogP contribution is 2.32. The van der Waals surface area contributed by atoms with Gasteiger partial charge in [0.15, 0.2) is 23.0 Å². The maximum atomic E-state index is 12.7. The van der Waals surface area contributed by atoms with Gasteiger partial charge in [-0.1, -0.05) is 12.1 Å². The first-order chi connectivity index (χ1) is 12.9. The molecule has 0 aliphatic carbocycles. The van der Waals surface area contributed by atoms with Gasteiger partial charge in [0, 0.05) is 24.7 Å². The number of benzene rings is 2. The van der Waals surface area contributed by atoms with Crippen LogP contribution in [-0.4, -0.2) is 45.8 Å². The van der Waals surface area contributed by atoms with Gasteiger partial charge in [0.25, 0.3) is 5.91 Å². The Bertz CT molecular complexity index is 798. The maximum Gasteiger partial charge on any atom is 0.387 e. The third kappa shape index (κ3) is 4.78. The fourth-order valence-electron chi connectivity index (χ4n) is 2.62. The molecule has 0 radical (unpaired) electrons. The van der Waals surface area contributed by atoms with Gasteiger partial charge in [-0.25, -0.2) is 0 Å². The Morgan fingerprint density at radius 3 is 2.30 bits per heavy atom. The number of hydrogen-bond acceptors (Lipinski definition) is 5. The van der Waals surface area contributed by atoms with E-state index in [4.69, 9.17) is 14.2 Å². The number of ether oxygens (including phenoxy) is 4. The molecule has 2 aromatic carbocycles. The topological polar surface area (TPSA) is 57.2 Å². The van der Waals surface area contributed by atoms with Crippen molar-refractivity contribution >= 4 is 5.91 Å². The molecule has 8 heteroatoms. The van der Waals surface area contributed by atoms with Crippen LogP contribution in [0.3, 0.4) is 0 Å². The van der Waals surface area contributed by atoms with Crippen LogP contribution in [0.25, 0.3) is 0 Å². The average Bonchev–Trinajstić information content (AvgIpc) is 2.66. The summed E-state index contributed by atoms with van der Waals surface area (Å²) in [4.78, 5) is 14.2. The summed E-state index contributed by atoms with van der Waals surface area (Å²) in [6.45, 7) is -2.72. The SMILES string of the molecule is COc1cc(C(=O)N(C)Cc2cccc(OC)c2OC)ccc1OC(F)F. The third-order valence-corrected chi connectivity index (χ3v) is 3.87. The molecule has 0 bridgehead atoms. The zero-order chi connectivity index (χ0) is 20.0. The number of rotatable bonds is 8. The summed E-state index contributed by atoms with van der Waals surface area (Å²) in [7, 11) is 5.99. The number of carbonyl (C=O) groups excluding carboxylic acids is 1. The smallest absolute Gasteiger partial charge is 0.387 e. The van der Waals surface area contributed by atoms with Gasteiger partial charge in [0.05, 0.1) is 21.3 Å². The van der Waals surface area contributed by atoms with Crippen LogP contribution in [0.15, 0.2) is 36.4 Å². The van der Waals surface area contributed by atoms with Crippen molar-refractivity contribution in [1.82, 2.24) is 4.90 Å². The number of methoxy groups -OCH3 is 3.